The molecule has 0 unspecified atom stereocenters. The summed E-state index contributed by atoms with van der Waals surface area (Å²) in [5.41, 5.74) is 0. The van der Waals surface area contributed by atoms with Crippen LogP contribution in [0.15, 0.2) is 18.2 Å². The molecule has 5 heteroatoms. The first-order valence-electron chi connectivity index (χ1n) is 7.29. The number of carbonyl (C=O) groups excluding carboxylic acids is 1. The summed E-state index contributed by atoms with van der Waals surface area (Å²) >= 11 is 0. The molecule has 21 heavy (non-hydrogen) atoms. The number of ether oxygens (including phenoxy) is 3. The molecule has 0 aromatic heterocycles. The number of carbonyl (C=O) groups is 1. The van der Waals surface area contributed by atoms with E-state index in [1.54, 1.807) is 32.4 Å². The highest BCUT2D eigenvalue weighted by Crippen LogP contribution is 2.36. The third-order valence-corrected chi connectivity index (χ3v) is 3.06. The Morgan fingerprint density at radius 3 is 2.19 bits per heavy atom. The maximum atomic E-state index is 12.2. The predicted molar refractivity (Wildman–Crippen MR) is 82.2 cm³/mol. The first kappa shape index (κ1) is 17.1. The van der Waals surface area contributed by atoms with Crippen molar-refractivity contribution in [2.45, 2.75) is 26.7 Å². The summed E-state index contributed by atoms with van der Waals surface area (Å²) in [4.78, 5) is 14.0. The Balaban J connectivity index is 2.71. The smallest absolute Gasteiger partial charge is 0.260 e. The van der Waals surface area contributed by atoms with E-state index in [9.17, 15) is 4.79 Å². The highest BCUT2D eigenvalue weighted by atomic mass is 16.5. The highest BCUT2D eigenvalue weighted by Gasteiger charge is 2.15. The van der Waals surface area contributed by atoms with Crippen molar-refractivity contribution in [1.29, 1.82) is 0 Å². The molecular weight excluding hydrogens is 270 g/mol. The molecule has 0 N–H and O–H groups in total. The number of para-hydroxylation sites is 1. The van der Waals surface area contributed by atoms with E-state index in [1.165, 1.54) is 0 Å². The van der Waals surface area contributed by atoms with Crippen LogP contribution >= 0.6 is 0 Å². The molecule has 0 aliphatic rings. The summed E-state index contributed by atoms with van der Waals surface area (Å²) in [5, 5.41) is 0. The number of nitrogens with zero attached hydrogens (tertiary/aromatic N) is 1. The SMILES string of the molecule is CCCN(CCC)C(=O)COc1cccc(OC)c1OC. The van der Waals surface area contributed by atoms with E-state index >= 15 is 0 Å². The Labute approximate surface area is 126 Å². The van der Waals surface area contributed by atoms with Gasteiger partial charge in [0.1, 0.15) is 0 Å². The van der Waals surface area contributed by atoms with Gasteiger partial charge in [0.25, 0.3) is 5.91 Å². The summed E-state index contributed by atoms with van der Waals surface area (Å²) in [7, 11) is 3.12. The van der Waals surface area contributed by atoms with Crippen molar-refractivity contribution in [3.63, 3.8) is 0 Å². The van der Waals surface area contributed by atoms with Crippen molar-refractivity contribution in [3.05, 3.63) is 18.2 Å². The van der Waals surface area contributed by atoms with E-state index in [2.05, 4.69) is 13.8 Å². The summed E-state index contributed by atoms with van der Waals surface area (Å²) in [5.74, 6) is 1.59. The van der Waals surface area contributed by atoms with E-state index in [0.29, 0.717) is 17.2 Å². The molecule has 118 valence electrons. The van der Waals surface area contributed by atoms with Gasteiger partial charge in [-0.25, -0.2) is 0 Å². The summed E-state index contributed by atoms with van der Waals surface area (Å²) < 4.78 is 16.1. The zero-order chi connectivity index (χ0) is 15.7. The van der Waals surface area contributed by atoms with E-state index in [0.717, 1.165) is 25.9 Å². The van der Waals surface area contributed by atoms with Gasteiger partial charge in [-0.1, -0.05) is 19.9 Å². The second kappa shape index (κ2) is 9.10. The number of hydrogen-bond donors (Lipinski definition) is 0. The lowest BCUT2D eigenvalue weighted by molar-refractivity contribution is -0.133. The number of hydrogen-bond acceptors (Lipinski definition) is 4. The van der Waals surface area contributed by atoms with Crippen molar-refractivity contribution in [1.82, 2.24) is 4.90 Å². The van der Waals surface area contributed by atoms with Crippen LogP contribution in [0.2, 0.25) is 0 Å². The lowest BCUT2D eigenvalue weighted by atomic mass is 10.3. The molecule has 0 heterocycles. The Bertz CT molecular complexity index is 442. The number of benzene rings is 1. The number of methoxy groups -OCH3 is 2. The maximum Gasteiger partial charge on any atom is 0.260 e. The molecule has 0 saturated heterocycles. The van der Waals surface area contributed by atoms with Gasteiger partial charge < -0.3 is 19.1 Å². The number of amides is 1. The average Bonchev–Trinajstić information content (AvgIpc) is 2.51. The van der Waals surface area contributed by atoms with E-state index in [-0.39, 0.29) is 12.5 Å². The van der Waals surface area contributed by atoms with Gasteiger partial charge in [0.05, 0.1) is 14.2 Å². The molecule has 1 amide bonds. The molecule has 0 bridgehead atoms. The van der Waals surface area contributed by atoms with Crippen LogP contribution in [0.25, 0.3) is 0 Å². The fraction of sp³-hybridized carbons (Fsp3) is 0.562. The van der Waals surface area contributed by atoms with Gasteiger partial charge in [0, 0.05) is 13.1 Å². The van der Waals surface area contributed by atoms with Gasteiger partial charge in [-0.05, 0) is 25.0 Å². The lowest BCUT2D eigenvalue weighted by Crippen LogP contribution is -2.36. The predicted octanol–water partition coefficient (Wildman–Crippen LogP) is 2.73. The minimum Gasteiger partial charge on any atom is -0.493 e. The summed E-state index contributed by atoms with van der Waals surface area (Å²) in [6.45, 7) is 5.63. The molecule has 5 nitrogen and oxygen atoms in total. The molecule has 1 rings (SSSR count). The molecule has 1 aromatic rings. The fourth-order valence-corrected chi connectivity index (χ4v) is 2.10. The molecular formula is C16H25NO4. The van der Waals surface area contributed by atoms with Crippen molar-refractivity contribution < 1.29 is 19.0 Å². The zero-order valence-corrected chi connectivity index (χ0v) is 13.3. The van der Waals surface area contributed by atoms with Gasteiger partial charge in [-0.15, -0.1) is 0 Å². The summed E-state index contributed by atoms with van der Waals surface area (Å²) in [6.07, 6.45) is 1.88. The van der Waals surface area contributed by atoms with Gasteiger partial charge in [0.2, 0.25) is 5.75 Å². The third kappa shape index (κ3) is 4.85. The lowest BCUT2D eigenvalue weighted by Gasteiger charge is -2.22. The van der Waals surface area contributed by atoms with E-state index in [1.807, 2.05) is 4.90 Å². The average molecular weight is 295 g/mol. The molecule has 0 aliphatic carbocycles. The quantitative estimate of drug-likeness (QED) is 0.703. The first-order chi connectivity index (χ1) is 10.2. The van der Waals surface area contributed by atoms with Crippen LogP contribution in [0.3, 0.4) is 0 Å². The van der Waals surface area contributed by atoms with Gasteiger partial charge in [0.15, 0.2) is 18.1 Å². The first-order valence-corrected chi connectivity index (χ1v) is 7.29. The minimum atomic E-state index is -0.0106. The highest BCUT2D eigenvalue weighted by molar-refractivity contribution is 5.77. The van der Waals surface area contributed by atoms with Crippen LogP contribution < -0.4 is 14.2 Å². The van der Waals surface area contributed by atoms with Gasteiger partial charge in [-0.3, -0.25) is 4.79 Å². The molecule has 0 aliphatic heterocycles. The molecule has 0 fully saturated rings. The minimum absolute atomic E-state index is 0.00350. The van der Waals surface area contributed by atoms with Crippen LogP contribution in [0.5, 0.6) is 17.2 Å². The number of rotatable bonds is 9. The standard InChI is InChI=1S/C16H25NO4/c1-5-10-17(11-6-2)15(18)12-21-14-9-7-8-13(19-3)16(14)20-4/h7-9H,5-6,10-12H2,1-4H3. The second-order valence-corrected chi connectivity index (χ2v) is 4.66. The molecule has 0 spiro atoms. The van der Waals surface area contributed by atoms with Crippen LogP contribution in [0, 0.1) is 0 Å². The Kier molecular flexibility index (Phi) is 7.43. The topological polar surface area (TPSA) is 48.0 Å². The van der Waals surface area contributed by atoms with Gasteiger partial charge in [-0.2, -0.15) is 0 Å². The second-order valence-electron chi connectivity index (χ2n) is 4.66. The Morgan fingerprint density at radius 1 is 1.05 bits per heavy atom. The Morgan fingerprint density at radius 2 is 1.67 bits per heavy atom. The van der Waals surface area contributed by atoms with Crippen molar-refractivity contribution >= 4 is 5.91 Å². The molecule has 1 aromatic carbocycles. The summed E-state index contributed by atoms with van der Waals surface area (Å²) in [6, 6.07) is 5.35. The van der Waals surface area contributed by atoms with Crippen LogP contribution in [0.1, 0.15) is 26.7 Å². The maximum absolute atomic E-state index is 12.2. The van der Waals surface area contributed by atoms with E-state index < -0.39 is 0 Å². The van der Waals surface area contributed by atoms with Crippen molar-refractivity contribution in [3.8, 4) is 17.2 Å². The zero-order valence-electron chi connectivity index (χ0n) is 13.3. The fourth-order valence-electron chi connectivity index (χ4n) is 2.10. The van der Waals surface area contributed by atoms with Crippen LogP contribution in [-0.2, 0) is 4.79 Å². The van der Waals surface area contributed by atoms with Crippen LogP contribution in [-0.4, -0.2) is 44.7 Å². The normalized spacial score (nSPS) is 10.1. The van der Waals surface area contributed by atoms with Crippen LogP contribution in [0.4, 0.5) is 0 Å². The van der Waals surface area contributed by atoms with Crippen molar-refractivity contribution in [2.24, 2.45) is 0 Å². The monoisotopic (exact) mass is 295 g/mol. The largest absolute Gasteiger partial charge is 0.493 e. The van der Waals surface area contributed by atoms with Gasteiger partial charge >= 0.3 is 0 Å². The molecule has 0 radical (unpaired) electrons. The van der Waals surface area contributed by atoms with E-state index in [4.69, 9.17) is 14.2 Å². The third-order valence-electron chi connectivity index (χ3n) is 3.06. The molecule has 0 atom stereocenters. The molecule has 0 saturated carbocycles. The Hall–Kier alpha value is -1.91. The van der Waals surface area contributed by atoms with Crippen molar-refractivity contribution in [2.75, 3.05) is 33.9 Å².